The van der Waals surface area contributed by atoms with Crippen LogP contribution in [0.15, 0.2) is 53.4 Å². The lowest BCUT2D eigenvalue weighted by molar-refractivity contribution is 0.864. The first-order valence-electron chi connectivity index (χ1n) is 8.68. The largest absolute Gasteiger partial charge is 0.233 e. The SMILES string of the molecule is CCCSc1ccc(-n2nc(C)c3c2-c2ccccc2CC3)cc1. The maximum Gasteiger partial charge on any atom is 0.0778 e. The number of hydrogen-bond donors (Lipinski definition) is 0. The molecule has 0 amide bonds. The Labute approximate surface area is 147 Å². The number of hydrogen-bond acceptors (Lipinski definition) is 2. The third-order valence-corrected chi connectivity index (χ3v) is 5.87. The highest BCUT2D eigenvalue weighted by atomic mass is 32.2. The van der Waals surface area contributed by atoms with E-state index in [1.807, 2.05) is 11.8 Å². The molecular formula is C21H22N2S. The van der Waals surface area contributed by atoms with Crippen molar-refractivity contribution < 1.29 is 0 Å². The monoisotopic (exact) mass is 334 g/mol. The molecule has 1 aromatic heterocycles. The van der Waals surface area contributed by atoms with Gasteiger partial charge in [0.25, 0.3) is 0 Å². The van der Waals surface area contributed by atoms with Gasteiger partial charge >= 0.3 is 0 Å². The van der Waals surface area contributed by atoms with Gasteiger partial charge in [-0.25, -0.2) is 4.68 Å². The fourth-order valence-electron chi connectivity index (χ4n) is 3.45. The summed E-state index contributed by atoms with van der Waals surface area (Å²) in [7, 11) is 0. The quantitative estimate of drug-likeness (QED) is 0.591. The van der Waals surface area contributed by atoms with Crippen LogP contribution in [0.25, 0.3) is 16.9 Å². The zero-order valence-corrected chi connectivity index (χ0v) is 15.1. The van der Waals surface area contributed by atoms with Gasteiger partial charge in [-0.2, -0.15) is 5.10 Å². The van der Waals surface area contributed by atoms with E-state index < -0.39 is 0 Å². The van der Waals surface area contributed by atoms with Gasteiger partial charge in [-0.05, 0) is 61.8 Å². The molecule has 0 atom stereocenters. The fourth-order valence-corrected chi connectivity index (χ4v) is 4.22. The Bertz CT molecular complexity index is 862. The molecule has 0 saturated heterocycles. The highest BCUT2D eigenvalue weighted by Crippen LogP contribution is 2.36. The maximum absolute atomic E-state index is 4.86. The van der Waals surface area contributed by atoms with Gasteiger partial charge in [0, 0.05) is 16.0 Å². The van der Waals surface area contributed by atoms with Crippen LogP contribution in [0.2, 0.25) is 0 Å². The van der Waals surface area contributed by atoms with Gasteiger partial charge in [0.2, 0.25) is 0 Å². The van der Waals surface area contributed by atoms with Crippen LogP contribution >= 0.6 is 11.8 Å². The van der Waals surface area contributed by atoms with Crippen LogP contribution in [0.1, 0.15) is 30.2 Å². The minimum Gasteiger partial charge on any atom is -0.233 e. The third-order valence-electron chi connectivity index (χ3n) is 4.66. The molecular weight excluding hydrogens is 312 g/mol. The number of benzene rings is 2. The van der Waals surface area contributed by atoms with E-state index in [0.717, 1.165) is 24.2 Å². The Hall–Kier alpha value is -2.00. The molecule has 3 aromatic rings. The van der Waals surface area contributed by atoms with Crippen LogP contribution in [-0.4, -0.2) is 15.5 Å². The van der Waals surface area contributed by atoms with Crippen molar-refractivity contribution in [1.29, 1.82) is 0 Å². The molecule has 0 aliphatic heterocycles. The molecule has 2 aromatic carbocycles. The lowest BCUT2D eigenvalue weighted by atomic mass is 9.89. The van der Waals surface area contributed by atoms with E-state index in [4.69, 9.17) is 5.10 Å². The Balaban J connectivity index is 1.78. The average Bonchev–Trinajstić information content (AvgIpc) is 2.98. The van der Waals surface area contributed by atoms with E-state index in [1.54, 1.807) is 0 Å². The number of thioether (sulfide) groups is 1. The van der Waals surface area contributed by atoms with Crippen molar-refractivity contribution in [2.75, 3.05) is 5.75 Å². The summed E-state index contributed by atoms with van der Waals surface area (Å²) in [4.78, 5) is 1.33. The summed E-state index contributed by atoms with van der Waals surface area (Å²) >= 11 is 1.92. The second kappa shape index (κ2) is 6.48. The summed E-state index contributed by atoms with van der Waals surface area (Å²) < 4.78 is 2.14. The van der Waals surface area contributed by atoms with Crippen molar-refractivity contribution in [3.63, 3.8) is 0 Å². The van der Waals surface area contributed by atoms with Gasteiger partial charge in [0.05, 0.1) is 17.1 Å². The molecule has 0 spiro atoms. The molecule has 0 fully saturated rings. The van der Waals surface area contributed by atoms with Crippen LogP contribution in [0.5, 0.6) is 0 Å². The number of rotatable bonds is 4. The van der Waals surface area contributed by atoms with Gasteiger partial charge in [-0.15, -0.1) is 11.8 Å². The molecule has 1 aliphatic rings. The van der Waals surface area contributed by atoms with E-state index >= 15 is 0 Å². The van der Waals surface area contributed by atoms with Crippen molar-refractivity contribution in [2.24, 2.45) is 0 Å². The lowest BCUT2D eigenvalue weighted by Crippen LogP contribution is -2.07. The predicted molar refractivity (Wildman–Crippen MR) is 102 cm³/mol. The van der Waals surface area contributed by atoms with Crippen LogP contribution in [0.3, 0.4) is 0 Å². The Morgan fingerprint density at radius 2 is 1.83 bits per heavy atom. The minimum atomic E-state index is 1.09. The number of fused-ring (bicyclic) bond motifs is 3. The molecule has 0 saturated carbocycles. The first-order chi connectivity index (χ1) is 11.8. The average molecular weight is 334 g/mol. The normalized spacial score (nSPS) is 12.8. The molecule has 0 bridgehead atoms. The molecule has 122 valence electrons. The smallest absolute Gasteiger partial charge is 0.0778 e. The van der Waals surface area contributed by atoms with Crippen molar-refractivity contribution in [3.8, 4) is 16.9 Å². The number of aromatic nitrogens is 2. The summed E-state index contributed by atoms with van der Waals surface area (Å²) in [6.45, 7) is 4.35. The number of nitrogens with zero attached hydrogens (tertiary/aromatic N) is 2. The third kappa shape index (κ3) is 2.67. The molecule has 24 heavy (non-hydrogen) atoms. The molecule has 3 heteroatoms. The van der Waals surface area contributed by atoms with E-state index in [0.29, 0.717) is 0 Å². The minimum absolute atomic E-state index is 1.09. The van der Waals surface area contributed by atoms with Crippen molar-refractivity contribution in [2.45, 2.75) is 38.0 Å². The maximum atomic E-state index is 4.86. The Morgan fingerprint density at radius 1 is 1.04 bits per heavy atom. The first kappa shape index (κ1) is 15.5. The fraction of sp³-hybridized carbons (Fsp3) is 0.286. The van der Waals surface area contributed by atoms with Gasteiger partial charge in [-0.3, -0.25) is 0 Å². The number of aryl methyl sites for hydroxylation is 2. The van der Waals surface area contributed by atoms with E-state index in [2.05, 4.69) is 67.1 Å². The van der Waals surface area contributed by atoms with Crippen LogP contribution in [0, 0.1) is 6.92 Å². The standard InChI is InChI=1S/C21H22N2S/c1-3-14-24-18-11-9-17(10-12-18)23-21-19(15(2)22-23)13-8-16-6-4-5-7-20(16)21/h4-7,9-12H,3,8,13-14H2,1-2H3. The topological polar surface area (TPSA) is 17.8 Å². The zero-order chi connectivity index (χ0) is 16.5. The van der Waals surface area contributed by atoms with Crippen LogP contribution < -0.4 is 0 Å². The van der Waals surface area contributed by atoms with Crippen molar-refractivity contribution in [3.05, 3.63) is 65.4 Å². The van der Waals surface area contributed by atoms with E-state index in [-0.39, 0.29) is 0 Å². The summed E-state index contributed by atoms with van der Waals surface area (Å²) in [6, 6.07) is 17.6. The van der Waals surface area contributed by atoms with Gasteiger partial charge in [0.15, 0.2) is 0 Å². The molecule has 4 rings (SSSR count). The Morgan fingerprint density at radius 3 is 2.62 bits per heavy atom. The summed E-state index contributed by atoms with van der Waals surface area (Å²) in [5.41, 5.74) is 7.76. The second-order valence-corrected chi connectivity index (χ2v) is 7.49. The Kier molecular flexibility index (Phi) is 4.19. The zero-order valence-electron chi connectivity index (χ0n) is 14.2. The first-order valence-corrected chi connectivity index (χ1v) is 9.66. The molecule has 0 unspecified atom stereocenters. The van der Waals surface area contributed by atoms with Gasteiger partial charge in [-0.1, -0.05) is 31.2 Å². The lowest BCUT2D eigenvalue weighted by Gasteiger charge is -2.18. The van der Waals surface area contributed by atoms with E-state index in [1.165, 1.54) is 39.5 Å². The second-order valence-electron chi connectivity index (χ2n) is 6.32. The molecule has 1 aliphatic carbocycles. The molecule has 1 heterocycles. The van der Waals surface area contributed by atoms with Crippen LogP contribution in [0.4, 0.5) is 0 Å². The van der Waals surface area contributed by atoms with E-state index in [9.17, 15) is 0 Å². The summed E-state index contributed by atoms with van der Waals surface area (Å²) in [5, 5.41) is 4.86. The highest BCUT2D eigenvalue weighted by Gasteiger charge is 2.23. The molecule has 0 radical (unpaired) electrons. The highest BCUT2D eigenvalue weighted by molar-refractivity contribution is 7.99. The van der Waals surface area contributed by atoms with Gasteiger partial charge in [0.1, 0.15) is 0 Å². The van der Waals surface area contributed by atoms with Crippen molar-refractivity contribution in [1.82, 2.24) is 9.78 Å². The predicted octanol–water partition coefficient (Wildman–Crippen LogP) is 5.45. The molecule has 2 nitrogen and oxygen atoms in total. The van der Waals surface area contributed by atoms with Crippen LogP contribution in [-0.2, 0) is 12.8 Å². The summed E-state index contributed by atoms with van der Waals surface area (Å²) in [5.74, 6) is 1.17. The van der Waals surface area contributed by atoms with Gasteiger partial charge < -0.3 is 0 Å². The molecule has 0 N–H and O–H groups in total. The van der Waals surface area contributed by atoms with Crippen molar-refractivity contribution >= 4 is 11.8 Å². The summed E-state index contributed by atoms with van der Waals surface area (Å²) in [6.07, 6.45) is 3.40.